The molecule has 14 heteroatoms. The van der Waals surface area contributed by atoms with Crippen LogP contribution in [0.15, 0.2) is 77.7 Å². The van der Waals surface area contributed by atoms with Crippen LogP contribution in [0, 0.1) is 17.0 Å². The van der Waals surface area contributed by atoms with Crippen LogP contribution in [0.4, 0.5) is 13.6 Å². The van der Waals surface area contributed by atoms with E-state index in [9.17, 15) is 36.7 Å². The van der Waals surface area contributed by atoms with Gasteiger partial charge in [-0.3, -0.25) is 4.79 Å². The maximum absolute atomic E-state index is 13.9. The van der Waals surface area contributed by atoms with E-state index in [-0.39, 0.29) is 35.7 Å². The number of esters is 1. The van der Waals surface area contributed by atoms with E-state index < -0.39 is 63.0 Å². The number of ether oxygens (including phenoxy) is 3. The predicted octanol–water partition coefficient (Wildman–Crippen LogP) is 4.60. The topological polar surface area (TPSA) is 149 Å². The maximum atomic E-state index is 13.9. The highest BCUT2D eigenvalue weighted by Crippen LogP contribution is 2.40. The number of halogens is 2. The quantitative estimate of drug-likeness (QED) is 0.222. The van der Waals surface area contributed by atoms with E-state index in [1.54, 1.807) is 20.8 Å². The number of sulfonamides is 1. The van der Waals surface area contributed by atoms with Crippen molar-refractivity contribution < 1.29 is 50.9 Å². The number of alkyl carbamates (subject to hydrolysis) is 1. The molecule has 0 bridgehead atoms. The van der Waals surface area contributed by atoms with Crippen molar-refractivity contribution in [3.8, 4) is 5.75 Å². The first-order valence-corrected chi connectivity index (χ1v) is 15.6. The molecule has 246 valence electrons. The molecule has 0 radical (unpaired) electrons. The first kappa shape index (κ1) is 34.3. The second-order valence-corrected chi connectivity index (χ2v) is 13.8. The summed E-state index contributed by atoms with van der Waals surface area (Å²) in [6.45, 7) is 5.79. The molecule has 0 saturated carbocycles. The van der Waals surface area contributed by atoms with Gasteiger partial charge in [-0.15, -0.1) is 0 Å². The third-order valence-corrected chi connectivity index (χ3v) is 8.86. The molecule has 0 aromatic heterocycles. The minimum Gasteiger partial charge on any atom is -0.480 e. The zero-order valence-electron chi connectivity index (χ0n) is 25.5. The minimum atomic E-state index is -4.13. The average Bonchev–Trinajstić information content (AvgIpc) is 2.94. The van der Waals surface area contributed by atoms with Gasteiger partial charge in [0.2, 0.25) is 16.3 Å². The number of hydrogen-bond acceptors (Lipinski definition) is 8. The highest BCUT2D eigenvalue weighted by molar-refractivity contribution is 7.89. The smallest absolute Gasteiger partial charge is 0.410 e. The van der Waals surface area contributed by atoms with Crippen molar-refractivity contribution in [2.75, 3.05) is 13.1 Å². The lowest BCUT2D eigenvalue weighted by Gasteiger charge is -2.48. The van der Waals surface area contributed by atoms with Crippen LogP contribution >= 0.6 is 0 Å². The summed E-state index contributed by atoms with van der Waals surface area (Å²) in [5, 5.41) is 11.9. The zero-order chi connectivity index (χ0) is 33.9. The summed E-state index contributed by atoms with van der Waals surface area (Å²) in [4.78, 5) is 36.2. The molecule has 46 heavy (non-hydrogen) atoms. The Kier molecular flexibility index (Phi) is 10.0. The van der Waals surface area contributed by atoms with Crippen LogP contribution in [0.25, 0.3) is 0 Å². The van der Waals surface area contributed by atoms with Crippen molar-refractivity contribution in [1.82, 2.24) is 9.62 Å². The number of hydrogen-bond donors (Lipinski definition) is 2. The van der Waals surface area contributed by atoms with Gasteiger partial charge in [-0.05, 0) is 68.3 Å². The monoisotopic (exact) mass is 660 g/mol. The molecule has 1 amide bonds. The number of aliphatic carboxylic acids is 1. The molecule has 1 aliphatic heterocycles. The van der Waals surface area contributed by atoms with E-state index in [1.165, 1.54) is 73.7 Å². The Labute approximate surface area is 265 Å². The Balaban J connectivity index is 1.47. The third-order valence-electron chi connectivity index (χ3n) is 7.07. The fourth-order valence-electron chi connectivity index (χ4n) is 4.61. The number of carboxylic acid groups (broad SMARTS) is 1. The van der Waals surface area contributed by atoms with Gasteiger partial charge in [0.25, 0.3) is 0 Å². The summed E-state index contributed by atoms with van der Waals surface area (Å²) >= 11 is 0. The Morgan fingerprint density at radius 1 is 0.957 bits per heavy atom. The van der Waals surface area contributed by atoms with Gasteiger partial charge < -0.3 is 24.6 Å². The molecule has 2 N–H and O–H groups in total. The van der Waals surface area contributed by atoms with Gasteiger partial charge in [0.05, 0.1) is 23.4 Å². The van der Waals surface area contributed by atoms with Crippen LogP contribution in [-0.2, 0) is 41.1 Å². The highest BCUT2D eigenvalue weighted by Gasteiger charge is 2.52. The number of carboxylic acids is 1. The van der Waals surface area contributed by atoms with E-state index in [2.05, 4.69) is 5.32 Å². The lowest BCUT2D eigenvalue weighted by atomic mass is 9.87. The fraction of sp³-hybridized carbons (Fsp3) is 0.344. The van der Waals surface area contributed by atoms with Crippen LogP contribution < -0.4 is 10.1 Å². The molecule has 0 unspecified atom stereocenters. The number of nitrogens with zero attached hydrogens (tertiary/aromatic N) is 1. The molecular formula is C32H34F2N2O9S. The zero-order valence-corrected chi connectivity index (χ0v) is 26.3. The second-order valence-electron chi connectivity index (χ2n) is 11.8. The summed E-state index contributed by atoms with van der Waals surface area (Å²) in [6, 6.07) is 14.8. The average molecular weight is 661 g/mol. The van der Waals surface area contributed by atoms with Crippen molar-refractivity contribution in [2.24, 2.45) is 5.41 Å². The summed E-state index contributed by atoms with van der Waals surface area (Å²) < 4.78 is 72.0. The molecule has 1 saturated heterocycles. The number of carbonyl (C=O) groups is 3. The van der Waals surface area contributed by atoms with Gasteiger partial charge in [-0.2, -0.15) is 4.31 Å². The van der Waals surface area contributed by atoms with Gasteiger partial charge >= 0.3 is 18.0 Å². The third kappa shape index (κ3) is 8.17. The normalized spacial score (nSPS) is 16.0. The molecule has 1 heterocycles. The standard InChI is InChI=1S/C32H34F2N2O9S/c1-20(43-29(39)31(2,3)4)44-30(40)35-27(28(37)38)16-21-7-5-10-26(15-21)46(41,42)36-18-32(19-36,22-11-13-23(33)14-12-22)45-25-9-6-8-24(34)17-25/h5-15,17,20,27H,16,18-19H2,1-4H3,(H,35,40)(H,37,38)/t20-,27-/m0/s1. The van der Waals surface area contributed by atoms with E-state index in [0.29, 0.717) is 5.56 Å². The predicted molar refractivity (Wildman–Crippen MR) is 160 cm³/mol. The summed E-state index contributed by atoms with van der Waals surface area (Å²) in [6.07, 6.45) is -2.74. The fourth-order valence-corrected chi connectivity index (χ4v) is 6.21. The van der Waals surface area contributed by atoms with Crippen LogP contribution in [0.3, 0.4) is 0 Å². The summed E-state index contributed by atoms with van der Waals surface area (Å²) in [7, 11) is -4.13. The van der Waals surface area contributed by atoms with E-state index in [0.717, 1.165) is 10.4 Å². The van der Waals surface area contributed by atoms with Gasteiger partial charge in [0.15, 0.2) is 5.60 Å². The SMILES string of the molecule is C[C@H](OC(=O)N[C@@H](Cc1cccc(S(=O)(=O)N2CC(Oc3cccc(F)c3)(c3ccc(F)cc3)C2)c1)C(=O)O)OC(=O)C(C)(C)C. The summed E-state index contributed by atoms with van der Waals surface area (Å²) in [5.74, 6) is -2.92. The van der Waals surface area contributed by atoms with E-state index in [1.807, 2.05) is 0 Å². The molecule has 3 aromatic rings. The maximum Gasteiger partial charge on any atom is 0.410 e. The number of nitrogens with one attached hydrogen (secondary N) is 1. The minimum absolute atomic E-state index is 0.141. The number of benzene rings is 3. The molecule has 3 aromatic carbocycles. The Bertz CT molecular complexity index is 1700. The summed E-state index contributed by atoms with van der Waals surface area (Å²) in [5.41, 5.74) is -1.32. The van der Waals surface area contributed by atoms with Crippen molar-refractivity contribution in [2.45, 2.75) is 56.9 Å². The van der Waals surface area contributed by atoms with Crippen molar-refractivity contribution in [3.63, 3.8) is 0 Å². The molecule has 1 fully saturated rings. The van der Waals surface area contributed by atoms with Gasteiger partial charge in [-0.1, -0.05) is 30.3 Å². The molecule has 4 rings (SSSR count). The molecule has 1 aliphatic rings. The van der Waals surface area contributed by atoms with Crippen molar-refractivity contribution in [1.29, 1.82) is 0 Å². The van der Waals surface area contributed by atoms with Crippen molar-refractivity contribution in [3.05, 3.63) is 95.6 Å². The van der Waals surface area contributed by atoms with Crippen LogP contribution in [-0.4, -0.2) is 61.3 Å². The molecule has 0 spiro atoms. The van der Waals surface area contributed by atoms with Crippen molar-refractivity contribution >= 4 is 28.1 Å². The van der Waals surface area contributed by atoms with Crippen LogP contribution in [0.5, 0.6) is 5.75 Å². The number of rotatable bonds is 11. The molecule has 2 atom stereocenters. The molecule has 0 aliphatic carbocycles. The lowest BCUT2D eigenvalue weighted by Crippen LogP contribution is -2.64. The number of amides is 1. The molecular weight excluding hydrogens is 626 g/mol. The lowest BCUT2D eigenvalue weighted by molar-refractivity contribution is -0.174. The Morgan fingerprint density at radius 3 is 2.22 bits per heavy atom. The first-order valence-electron chi connectivity index (χ1n) is 14.2. The highest BCUT2D eigenvalue weighted by atomic mass is 32.2. The van der Waals surface area contributed by atoms with Gasteiger partial charge in [0, 0.05) is 19.4 Å². The Morgan fingerprint density at radius 2 is 1.61 bits per heavy atom. The van der Waals surface area contributed by atoms with Crippen LogP contribution in [0.1, 0.15) is 38.8 Å². The first-order chi connectivity index (χ1) is 21.5. The largest absolute Gasteiger partial charge is 0.480 e. The van der Waals surface area contributed by atoms with Gasteiger partial charge in [0.1, 0.15) is 23.4 Å². The molecule has 11 nitrogen and oxygen atoms in total. The van der Waals surface area contributed by atoms with Crippen LogP contribution in [0.2, 0.25) is 0 Å². The number of carbonyl (C=O) groups excluding carboxylic acids is 2. The van der Waals surface area contributed by atoms with Gasteiger partial charge in [-0.25, -0.2) is 26.8 Å². The Hall–Kier alpha value is -4.56. The second kappa shape index (κ2) is 13.4. The van der Waals surface area contributed by atoms with E-state index >= 15 is 0 Å². The van der Waals surface area contributed by atoms with E-state index in [4.69, 9.17) is 14.2 Å².